The molecule has 0 unspecified atom stereocenters. The SMILES string of the molecule is CCCOc1ccc(/C=C/C(=O)NNC(N)=S)cc1. The first-order chi connectivity index (χ1) is 9.11. The molecule has 0 bridgehead atoms. The van der Waals surface area contributed by atoms with Gasteiger partial charge in [0, 0.05) is 6.08 Å². The van der Waals surface area contributed by atoms with Crippen LogP contribution in [-0.4, -0.2) is 17.6 Å². The lowest BCUT2D eigenvalue weighted by atomic mass is 10.2. The maximum Gasteiger partial charge on any atom is 0.262 e. The molecule has 1 aromatic rings. The summed E-state index contributed by atoms with van der Waals surface area (Å²) in [5, 5.41) is 0.0131. The third kappa shape index (κ3) is 6.42. The summed E-state index contributed by atoms with van der Waals surface area (Å²) in [6.45, 7) is 2.75. The minimum atomic E-state index is -0.334. The van der Waals surface area contributed by atoms with Crippen LogP contribution in [0.5, 0.6) is 5.75 Å². The van der Waals surface area contributed by atoms with E-state index in [0.717, 1.165) is 17.7 Å². The van der Waals surface area contributed by atoms with Crippen LogP contribution in [0.2, 0.25) is 0 Å². The number of hydrazine groups is 1. The first kappa shape index (κ1) is 15.0. The number of hydrogen-bond donors (Lipinski definition) is 3. The number of ether oxygens (including phenoxy) is 1. The van der Waals surface area contributed by atoms with E-state index in [1.807, 2.05) is 24.3 Å². The van der Waals surface area contributed by atoms with Crippen molar-refractivity contribution in [1.29, 1.82) is 0 Å². The molecule has 0 saturated carbocycles. The number of amides is 1. The van der Waals surface area contributed by atoms with Gasteiger partial charge in [0.1, 0.15) is 5.75 Å². The number of nitrogens with two attached hydrogens (primary N) is 1. The molecule has 0 aliphatic carbocycles. The number of nitrogens with one attached hydrogen (secondary N) is 2. The number of carbonyl (C=O) groups excluding carboxylic acids is 1. The summed E-state index contributed by atoms with van der Waals surface area (Å²) in [6.07, 6.45) is 4.03. The number of benzene rings is 1. The molecule has 0 aliphatic heterocycles. The quantitative estimate of drug-likeness (QED) is 0.431. The minimum absolute atomic E-state index is 0.0131. The van der Waals surface area contributed by atoms with Gasteiger partial charge in [-0.15, -0.1) is 0 Å². The summed E-state index contributed by atoms with van der Waals surface area (Å²) < 4.78 is 5.46. The van der Waals surface area contributed by atoms with Gasteiger partial charge < -0.3 is 10.5 Å². The van der Waals surface area contributed by atoms with Gasteiger partial charge in [0.05, 0.1) is 6.61 Å². The average molecular weight is 279 g/mol. The van der Waals surface area contributed by atoms with E-state index in [9.17, 15) is 4.79 Å². The fourth-order valence-electron chi connectivity index (χ4n) is 1.23. The number of rotatable bonds is 5. The first-order valence-electron chi connectivity index (χ1n) is 5.88. The van der Waals surface area contributed by atoms with E-state index in [-0.39, 0.29) is 11.0 Å². The van der Waals surface area contributed by atoms with Crippen molar-refractivity contribution in [1.82, 2.24) is 10.9 Å². The van der Waals surface area contributed by atoms with E-state index in [4.69, 9.17) is 10.5 Å². The summed E-state index contributed by atoms with van der Waals surface area (Å²) >= 11 is 4.55. The molecule has 0 heterocycles. The van der Waals surface area contributed by atoms with E-state index in [0.29, 0.717) is 6.61 Å². The molecule has 1 aromatic carbocycles. The Morgan fingerprint density at radius 2 is 2.05 bits per heavy atom. The average Bonchev–Trinajstić information content (AvgIpc) is 2.41. The van der Waals surface area contributed by atoms with E-state index in [1.54, 1.807) is 6.08 Å². The van der Waals surface area contributed by atoms with Crippen LogP contribution in [0.4, 0.5) is 0 Å². The van der Waals surface area contributed by atoms with Gasteiger partial charge in [0.15, 0.2) is 5.11 Å². The largest absolute Gasteiger partial charge is 0.494 e. The Hall–Kier alpha value is -2.08. The van der Waals surface area contributed by atoms with Crippen LogP contribution in [-0.2, 0) is 4.79 Å². The van der Waals surface area contributed by atoms with E-state index < -0.39 is 0 Å². The molecule has 6 heteroatoms. The zero-order chi connectivity index (χ0) is 14.1. The molecule has 0 fully saturated rings. The lowest BCUT2D eigenvalue weighted by Crippen LogP contribution is -2.43. The van der Waals surface area contributed by atoms with Crippen LogP contribution >= 0.6 is 12.2 Å². The molecule has 4 N–H and O–H groups in total. The van der Waals surface area contributed by atoms with E-state index in [2.05, 4.69) is 30.0 Å². The Bertz CT molecular complexity index is 457. The van der Waals surface area contributed by atoms with Crippen LogP contribution in [0, 0.1) is 0 Å². The van der Waals surface area contributed by atoms with Crippen molar-refractivity contribution in [2.45, 2.75) is 13.3 Å². The van der Waals surface area contributed by atoms with Gasteiger partial charge in [-0.3, -0.25) is 15.6 Å². The fraction of sp³-hybridized carbons (Fsp3) is 0.231. The Kier molecular flexibility index (Phi) is 6.38. The third-order valence-corrected chi connectivity index (χ3v) is 2.19. The molecule has 0 radical (unpaired) electrons. The highest BCUT2D eigenvalue weighted by Gasteiger charge is 1.95. The van der Waals surface area contributed by atoms with Crippen LogP contribution < -0.4 is 21.3 Å². The summed E-state index contributed by atoms with van der Waals surface area (Å²) in [4.78, 5) is 11.3. The molecule has 102 valence electrons. The Morgan fingerprint density at radius 3 is 2.63 bits per heavy atom. The molecule has 0 aromatic heterocycles. The number of thiocarbonyl (C=S) groups is 1. The molecule has 0 saturated heterocycles. The maximum atomic E-state index is 11.3. The predicted octanol–water partition coefficient (Wildman–Crippen LogP) is 1.35. The zero-order valence-electron chi connectivity index (χ0n) is 10.7. The zero-order valence-corrected chi connectivity index (χ0v) is 11.5. The van der Waals surface area contributed by atoms with Gasteiger partial charge >= 0.3 is 0 Å². The van der Waals surface area contributed by atoms with Crippen molar-refractivity contribution in [2.75, 3.05) is 6.61 Å². The van der Waals surface area contributed by atoms with Crippen LogP contribution in [0.15, 0.2) is 30.3 Å². The molecule has 0 atom stereocenters. The first-order valence-corrected chi connectivity index (χ1v) is 6.29. The smallest absolute Gasteiger partial charge is 0.262 e. The monoisotopic (exact) mass is 279 g/mol. The molecule has 0 aliphatic rings. The molecule has 1 rings (SSSR count). The van der Waals surface area contributed by atoms with Gasteiger partial charge in [-0.25, -0.2) is 0 Å². The van der Waals surface area contributed by atoms with Gasteiger partial charge in [-0.2, -0.15) is 0 Å². The van der Waals surface area contributed by atoms with E-state index in [1.165, 1.54) is 6.08 Å². The van der Waals surface area contributed by atoms with Crippen molar-refractivity contribution in [3.63, 3.8) is 0 Å². The highest BCUT2D eigenvalue weighted by atomic mass is 32.1. The second kappa shape index (κ2) is 8.10. The molecule has 19 heavy (non-hydrogen) atoms. The van der Waals surface area contributed by atoms with Crippen molar-refractivity contribution >= 4 is 29.3 Å². The van der Waals surface area contributed by atoms with Crippen LogP contribution in [0.25, 0.3) is 6.08 Å². The van der Waals surface area contributed by atoms with Crippen molar-refractivity contribution in [3.05, 3.63) is 35.9 Å². The highest BCUT2D eigenvalue weighted by Crippen LogP contribution is 2.13. The molecule has 1 amide bonds. The maximum absolute atomic E-state index is 11.3. The van der Waals surface area contributed by atoms with Gasteiger partial charge in [-0.1, -0.05) is 19.1 Å². The van der Waals surface area contributed by atoms with Crippen LogP contribution in [0.3, 0.4) is 0 Å². The standard InChI is InChI=1S/C13H17N3O2S/c1-2-9-18-11-6-3-10(4-7-11)5-8-12(17)15-16-13(14)19/h3-8H,2,9H2,1H3,(H,15,17)(H3,14,16,19)/b8-5+. The summed E-state index contributed by atoms with van der Waals surface area (Å²) in [7, 11) is 0. The van der Waals surface area contributed by atoms with Crippen LogP contribution in [0.1, 0.15) is 18.9 Å². The molecular weight excluding hydrogens is 262 g/mol. The van der Waals surface area contributed by atoms with Gasteiger partial charge in [0.2, 0.25) is 0 Å². The Balaban J connectivity index is 2.47. The lowest BCUT2D eigenvalue weighted by Gasteiger charge is -2.04. The number of carbonyl (C=O) groups is 1. The molecular formula is C13H17N3O2S. The van der Waals surface area contributed by atoms with Crippen molar-refractivity contribution in [2.24, 2.45) is 5.73 Å². The van der Waals surface area contributed by atoms with E-state index >= 15 is 0 Å². The van der Waals surface area contributed by atoms with Crippen molar-refractivity contribution < 1.29 is 9.53 Å². The highest BCUT2D eigenvalue weighted by molar-refractivity contribution is 7.80. The lowest BCUT2D eigenvalue weighted by molar-refractivity contribution is -0.116. The van der Waals surface area contributed by atoms with Gasteiger partial charge in [-0.05, 0) is 42.4 Å². The second-order valence-electron chi connectivity index (χ2n) is 3.73. The third-order valence-electron chi connectivity index (χ3n) is 2.09. The summed E-state index contributed by atoms with van der Waals surface area (Å²) in [5.41, 5.74) is 10.7. The fourth-order valence-corrected chi connectivity index (χ4v) is 1.28. The topological polar surface area (TPSA) is 76.4 Å². The Morgan fingerprint density at radius 1 is 1.37 bits per heavy atom. The number of hydrogen-bond acceptors (Lipinski definition) is 3. The van der Waals surface area contributed by atoms with Crippen molar-refractivity contribution in [3.8, 4) is 5.75 Å². The molecule has 0 spiro atoms. The molecule has 5 nitrogen and oxygen atoms in total. The minimum Gasteiger partial charge on any atom is -0.494 e. The normalized spacial score (nSPS) is 10.2. The second-order valence-corrected chi connectivity index (χ2v) is 4.17. The summed E-state index contributed by atoms with van der Waals surface area (Å²) in [5.74, 6) is 0.484. The summed E-state index contributed by atoms with van der Waals surface area (Å²) in [6, 6.07) is 7.46. The predicted molar refractivity (Wildman–Crippen MR) is 79.3 cm³/mol. The van der Waals surface area contributed by atoms with Gasteiger partial charge in [0.25, 0.3) is 5.91 Å². The Labute approximate surface area is 117 Å².